The van der Waals surface area contributed by atoms with Gasteiger partial charge in [0.15, 0.2) is 0 Å². The van der Waals surface area contributed by atoms with Crippen molar-refractivity contribution in [3.8, 4) is 0 Å². The van der Waals surface area contributed by atoms with Crippen molar-refractivity contribution in [1.29, 1.82) is 0 Å². The van der Waals surface area contributed by atoms with Gasteiger partial charge in [-0.15, -0.1) is 0 Å². The Labute approximate surface area is 70.0 Å². The summed E-state index contributed by atoms with van der Waals surface area (Å²) >= 11 is 5.89. The molecule has 0 aromatic rings. The highest BCUT2D eigenvalue weighted by Gasteiger charge is 2.09. The Hall–Kier alpha value is 0.880. The van der Waals surface area contributed by atoms with E-state index in [4.69, 9.17) is 26.0 Å². The zero-order chi connectivity index (χ0) is 8.04. The summed E-state index contributed by atoms with van der Waals surface area (Å²) in [4.78, 5) is 9.16. The van der Waals surface area contributed by atoms with Gasteiger partial charge in [-0.25, -0.2) is 0 Å². The van der Waals surface area contributed by atoms with Crippen molar-refractivity contribution in [2.24, 2.45) is 0 Å². The Bertz CT molecular complexity index is 130. The minimum atomic E-state index is -2.53. The Morgan fingerprint density at radius 1 is 1.60 bits per heavy atom. The third kappa shape index (κ3) is 5.65. The minimum absolute atomic E-state index is 0.366. The lowest BCUT2D eigenvalue weighted by molar-refractivity contribution is 0.148. The van der Waals surface area contributed by atoms with Gasteiger partial charge >= 0.3 is 0 Å². The molecule has 0 saturated carbocycles. The molecule has 1 unspecified atom stereocenters. The predicted molar refractivity (Wildman–Crippen MR) is 47.8 cm³/mol. The molecule has 62 valence electrons. The average molecular weight is 202 g/mol. The van der Waals surface area contributed by atoms with Gasteiger partial charge in [0, 0.05) is 7.11 Å². The second-order valence-corrected chi connectivity index (χ2v) is 7.80. The van der Waals surface area contributed by atoms with Crippen molar-refractivity contribution >= 4 is 28.9 Å². The summed E-state index contributed by atoms with van der Waals surface area (Å²) < 4.78 is 9.65. The molecule has 1 atom stereocenters. The fraction of sp³-hybridized carbons (Fsp3) is 1.00. The Balaban J connectivity index is 3.38. The van der Waals surface area contributed by atoms with E-state index < -0.39 is 5.69 Å². The molecule has 0 aliphatic rings. The van der Waals surface area contributed by atoms with Crippen LogP contribution in [0.1, 0.15) is 0 Å². The minimum Gasteiger partial charge on any atom is -0.382 e. The number of ether oxygens (including phenoxy) is 1. The zero-order valence-corrected chi connectivity index (χ0v) is 8.47. The van der Waals surface area contributed by atoms with E-state index >= 15 is 0 Å². The smallest absolute Gasteiger partial charge is 0.244 e. The van der Waals surface area contributed by atoms with Crippen LogP contribution in [-0.4, -0.2) is 31.5 Å². The molecular weight excluding hydrogens is 191 g/mol. The molecule has 0 spiro atoms. The summed E-state index contributed by atoms with van der Waals surface area (Å²) in [5.74, 6) is 0. The third-order valence-electron chi connectivity index (χ3n) is 0.773. The van der Waals surface area contributed by atoms with Crippen molar-refractivity contribution in [3.63, 3.8) is 0 Å². The van der Waals surface area contributed by atoms with Crippen LogP contribution in [-0.2, 0) is 21.1 Å². The molecule has 0 rings (SSSR count). The van der Waals surface area contributed by atoms with Gasteiger partial charge in [-0.3, -0.25) is 0 Å². The highest BCUT2D eigenvalue weighted by Crippen LogP contribution is 2.54. The molecule has 0 aliphatic carbocycles. The first-order chi connectivity index (χ1) is 4.62. The van der Waals surface area contributed by atoms with Crippen molar-refractivity contribution < 1.29 is 14.2 Å². The topological polar surface area (TPSA) is 38.7 Å². The fourth-order valence-corrected chi connectivity index (χ4v) is 1.46. The lowest BCUT2D eigenvalue weighted by Gasteiger charge is -2.11. The van der Waals surface area contributed by atoms with Crippen LogP contribution in [0.25, 0.3) is 0 Å². The molecular formula is C4H11O3PS2. The molecule has 0 aromatic heterocycles. The molecule has 0 aromatic carbocycles. The largest absolute Gasteiger partial charge is 0.382 e. The van der Waals surface area contributed by atoms with Crippen LogP contribution >= 0.6 is 17.1 Å². The summed E-state index contributed by atoms with van der Waals surface area (Å²) in [6.45, 7) is 0.838. The highest BCUT2D eigenvalue weighted by molar-refractivity contribution is 8.67. The van der Waals surface area contributed by atoms with Crippen LogP contribution in [0.2, 0.25) is 0 Å². The van der Waals surface area contributed by atoms with Crippen LogP contribution < -0.4 is 0 Å². The number of hydrogen-bond donors (Lipinski definition) is 1. The molecule has 0 bridgehead atoms. The van der Waals surface area contributed by atoms with Crippen LogP contribution in [0.5, 0.6) is 0 Å². The Morgan fingerprint density at radius 3 is 2.60 bits per heavy atom. The average Bonchev–Trinajstić information content (AvgIpc) is 1.89. The first-order valence-corrected chi connectivity index (χ1v) is 7.14. The van der Waals surface area contributed by atoms with E-state index in [1.54, 1.807) is 13.4 Å². The quantitative estimate of drug-likeness (QED) is 0.536. The number of methoxy groups -OCH3 is 1. The summed E-state index contributed by atoms with van der Waals surface area (Å²) in [5, 5.41) is 0. The van der Waals surface area contributed by atoms with Gasteiger partial charge in [-0.1, -0.05) is 11.4 Å². The molecule has 6 heteroatoms. The van der Waals surface area contributed by atoms with Gasteiger partial charge in [-0.05, 0) is 18.1 Å². The fourth-order valence-electron chi connectivity index (χ4n) is 0.289. The molecule has 10 heavy (non-hydrogen) atoms. The van der Waals surface area contributed by atoms with Crippen molar-refractivity contribution in [2.45, 2.75) is 0 Å². The van der Waals surface area contributed by atoms with Gasteiger partial charge in [0.25, 0.3) is 0 Å². The molecule has 0 radical (unpaired) electrons. The first kappa shape index (κ1) is 10.9. The standard InChI is InChI=1S/C4H11O3PS2/c1-6-3-4-7-8(5,9)10-2/h3-4H2,1-2H3,(H,5,9). The second-order valence-electron chi connectivity index (χ2n) is 1.48. The van der Waals surface area contributed by atoms with E-state index in [0.717, 1.165) is 0 Å². The maximum Gasteiger partial charge on any atom is 0.244 e. The van der Waals surface area contributed by atoms with E-state index in [1.807, 2.05) is 0 Å². The van der Waals surface area contributed by atoms with Crippen LogP contribution in [0, 0.1) is 0 Å². The molecule has 0 heterocycles. The van der Waals surface area contributed by atoms with Gasteiger partial charge in [0.1, 0.15) is 0 Å². The molecule has 1 N–H and O–H groups in total. The van der Waals surface area contributed by atoms with E-state index in [1.165, 1.54) is 11.4 Å². The van der Waals surface area contributed by atoms with Gasteiger partial charge < -0.3 is 14.2 Å². The van der Waals surface area contributed by atoms with Crippen LogP contribution in [0.4, 0.5) is 0 Å². The zero-order valence-electron chi connectivity index (χ0n) is 5.94. The van der Waals surface area contributed by atoms with E-state index in [2.05, 4.69) is 0 Å². The van der Waals surface area contributed by atoms with E-state index in [9.17, 15) is 0 Å². The van der Waals surface area contributed by atoms with Gasteiger partial charge in [0.05, 0.1) is 13.2 Å². The lowest BCUT2D eigenvalue weighted by atomic mass is 10.8. The molecule has 0 saturated heterocycles. The van der Waals surface area contributed by atoms with Crippen molar-refractivity contribution in [3.05, 3.63) is 0 Å². The summed E-state index contributed by atoms with van der Waals surface area (Å²) in [7, 11) is 1.57. The summed E-state index contributed by atoms with van der Waals surface area (Å²) in [6.07, 6.45) is 1.73. The third-order valence-corrected chi connectivity index (χ3v) is 5.10. The highest BCUT2D eigenvalue weighted by atomic mass is 32.9. The summed E-state index contributed by atoms with van der Waals surface area (Å²) in [6, 6.07) is 0. The number of rotatable bonds is 5. The van der Waals surface area contributed by atoms with Gasteiger partial charge in [0.2, 0.25) is 5.69 Å². The Kier molecular flexibility index (Phi) is 6.01. The van der Waals surface area contributed by atoms with Crippen molar-refractivity contribution in [1.82, 2.24) is 0 Å². The normalized spacial score (nSPS) is 16.7. The first-order valence-electron chi connectivity index (χ1n) is 2.64. The molecule has 0 fully saturated rings. The second kappa shape index (κ2) is 5.52. The Morgan fingerprint density at radius 2 is 2.20 bits per heavy atom. The van der Waals surface area contributed by atoms with E-state index in [0.29, 0.717) is 13.2 Å². The van der Waals surface area contributed by atoms with Crippen LogP contribution in [0.3, 0.4) is 0 Å². The maximum atomic E-state index is 9.16. The van der Waals surface area contributed by atoms with Crippen LogP contribution in [0.15, 0.2) is 0 Å². The number of hydrogen-bond acceptors (Lipinski definition) is 4. The monoisotopic (exact) mass is 202 g/mol. The predicted octanol–water partition coefficient (Wildman–Crippen LogP) is 1.23. The molecule has 0 amide bonds. The van der Waals surface area contributed by atoms with Gasteiger partial charge in [-0.2, -0.15) is 0 Å². The molecule has 0 aliphatic heterocycles. The van der Waals surface area contributed by atoms with E-state index in [-0.39, 0.29) is 0 Å². The van der Waals surface area contributed by atoms with Crippen molar-refractivity contribution in [2.75, 3.05) is 26.6 Å². The molecule has 3 nitrogen and oxygen atoms in total. The maximum absolute atomic E-state index is 9.16. The lowest BCUT2D eigenvalue weighted by Crippen LogP contribution is -1.98. The SMILES string of the molecule is COCCOP(O)(=S)SC. The summed E-state index contributed by atoms with van der Waals surface area (Å²) in [5.41, 5.74) is -2.53.